The zero-order valence-corrected chi connectivity index (χ0v) is 16.4. The number of rotatable bonds is 4. The van der Waals surface area contributed by atoms with E-state index in [1.165, 1.54) is 0 Å². The van der Waals surface area contributed by atoms with Crippen LogP contribution in [0.25, 0.3) is 0 Å². The minimum absolute atomic E-state index is 0.0438. The second kappa shape index (κ2) is 7.77. The fraction of sp³-hybridized carbons (Fsp3) is 0.667. The summed E-state index contributed by atoms with van der Waals surface area (Å²) < 4.78 is 0. The summed E-state index contributed by atoms with van der Waals surface area (Å²) in [6, 6.07) is 5.80. The molecule has 3 rings (SSSR count). The third-order valence-electron chi connectivity index (χ3n) is 5.85. The van der Waals surface area contributed by atoms with E-state index < -0.39 is 0 Å². The van der Waals surface area contributed by atoms with Gasteiger partial charge >= 0.3 is 0 Å². The second-order valence-electron chi connectivity index (χ2n) is 8.31. The van der Waals surface area contributed by atoms with E-state index in [1.807, 2.05) is 9.80 Å². The normalized spacial score (nSPS) is 23.3. The molecule has 0 aromatic carbocycles. The molecule has 5 heteroatoms. The van der Waals surface area contributed by atoms with Crippen LogP contribution >= 0.6 is 0 Å². The molecule has 0 saturated carbocycles. The van der Waals surface area contributed by atoms with Gasteiger partial charge in [0.15, 0.2) is 0 Å². The summed E-state index contributed by atoms with van der Waals surface area (Å²) in [5.74, 6) is 0.778. The third kappa shape index (κ3) is 3.62. The van der Waals surface area contributed by atoms with Crippen molar-refractivity contribution in [3.63, 3.8) is 0 Å². The lowest BCUT2D eigenvalue weighted by Gasteiger charge is -2.28. The first-order valence-corrected chi connectivity index (χ1v) is 9.99. The van der Waals surface area contributed by atoms with E-state index in [4.69, 9.17) is 0 Å². The summed E-state index contributed by atoms with van der Waals surface area (Å²) in [6.07, 6.45) is 4.17. The predicted octanol–water partition coefficient (Wildman–Crippen LogP) is 3.60. The molecule has 2 amide bonds. The Morgan fingerprint density at radius 1 is 0.885 bits per heavy atom. The highest BCUT2D eigenvalue weighted by molar-refractivity contribution is 5.96. The van der Waals surface area contributed by atoms with Gasteiger partial charge in [-0.1, -0.05) is 33.8 Å². The van der Waals surface area contributed by atoms with Crippen molar-refractivity contribution >= 4 is 11.8 Å². The number of carbonyl (C=O) groups is 2. The average molecular weight is 357 g/mol. The molecule has 2 aliphatic rings. The molecule has 142 valence electrons. The van der Waals surface area contributed by atoms with E-state index in [0.29, 0.717) is 23.2 Å². The molecule has 1 aromatic rings. The Morgan fingerprint density at radius 2 is 1.31 bits per heavy atom. The van der Waals surface area contributed by atoms with Crippen molar-refractivity contribution in [1.29, 1.82) is 0 Å². The van der Waals surface area contributed by atoms with E-state index in [-0.39, 0.29) is 23.9 Å². The smallest absolute Gasteiger partial charge is 0.272 e. The first-order chi connectivity index (χ1) is 12.4. The Bertz CT molecular complexity index is 618. The molecular weight excluding hydrogens is 326 g/mol. The lowest BCUT2D eigenvalue weighted by atomic mass is 10.0. The number of likely N-dealkylation sites (tertiary alicyclic amines) is 2. The molecule has 2 saturated heterocycles. The van der Waals surface area contributed by atoms with E-state index in [0.717, 1.165) is 38.8 Å². The van der Waals surface area contributed by atoms with Crippen molar-refractivity contribution < 1.29 is 9.59 Å². The molecule has 3 heterocycles. The number of amides is 2. The van der Waals surface area contributed by atoms with Gasteiger partial charge in [-0.25, -0.2) is 4.98 Å². The Morgan fingerprint density at radius 3 is 1.69 bits per heavy atom. The quantitative estimate of drug-likeness (QED) is 0.827. The molecule has 0 N–H and O–H groups in total. The van der Waals surface area contributed by atoms with Gasteiger partial charge in [0.1, 0.15) is 11.4 Å². The molecule has 2 unspecified atom stereocenters. The Labute approximate surface area is 156 Å². The van der Waals surface area contributed by atoms with Crippen LogP contribution in [-0.2, 0) is 0 Å². The monoisotopic (exact) mass is 357 g/mol. The van der Waals surface area contributed by atoms with Crippen LogP contribution in [0.4, 0.5) is 0 Å². The maximum Gasteiger partial charge on any atom is 0.272 e. The van der Waals surface area contributed by atoms with Crippen LogP contribution in [0.2, 0.25) is 0 Å². The molecule has 0 aliphatic carbocycles. The summed E-state index contributed by atoms with van der Waals surface area (Å²) >= 11 is 0. The van der Waals surface area contributed by atoms with Crippen LogP contribution in [0.15, 0.2) is 18.2 Å². The van der Waals surface area contributed by atoms with Gasteiger partial charge in [-0.2, -0.15) is 0 Å². The highest BCUT2D eigenvalue weighted by Crippen LogP contribution is 2.27. The van der Waals surface area contributed by atoms with Crippen molar-refractivity contribution in [1.82, 2.24) is 14.8 Å². The van der Waals surface area contributed by atoms with E-state index in [9.17, 15) is 9.59 Å². The summed E-state index contributed by atoms with van der Waals surface area (Å²) in [5.41, 5.74) is 0.785. The first-order valence-electron chi connectivity index (χ1n) is 9.99. The number of carbonyl (C=O) groups excluding carboxylic acids is 2. The molecule has 2 aliphatic heterocycles. The number of hydrogen-bond donors (Lipinski definition) is 0. The number of aromatic nitrogens is 1. The standard InChI is InChI=1S/C21H31N3O2/c1-14(2)18-10-6-12-23(18)20(25)16-8-5-9-17(22-16)21(26)24-13-7-11-19(24)15(3)4/h5,8-9,14-15,18-19H,6-7,10-13H2,1-4H3. The SMILES string of the molecule is CC(C)C1CCCN1C(=O)c1cccc(C(=O)N2CCCC2C(C)C)n1. The first kappa shape index (κ1) is 18.9. The average Bonchev–Trinajstić information content (AvgIpc) is 3.29. The van der Waals surface area contributed by atoms with Crippen molar-refractivity contribution in [2.24, 2.45) is 11.8 Å². The highest BCUT2D eigenvalue weighted by atomic mass is 16.2. The molecule has 26 heavy (non-hydrogen) atoms. The molecular formula is C21H31N3O2. The topological polar surface area (TPSA) is 53.5 Å². The van der Waals surface area contributed by atoms with E-state index in [2.05, 4.69) is 32.7 Å². The molecule has 1 aromatic heterocycles. The molecule has 0 radical (unpaired) electrons. The van der Waals surface area contributed by atoms with Gasteiger partial charge in [0, 0.05) is 25.2 Å². The van der Waals surface area contributed by atoms with E-state index in [1.54, 1.807) is 18.2 Å². The minimum atomic E-state index is -0.0438. The molecule has 2 fully saturated rings. The van der Waals surface area contributed by atoms with E-state index >= 15 is 0 Å². The van der Waals surface area contributed by atoms with Crippen molar-refractivity contribution in [2.45, 2.75) is 65.5 Å². The molecule has 0 spiro atoms. The molecule has 5 nitrogen and oxygen atoms in total. The maximum absolute atomic E-state index is 13.0. The van der Waals surface area contributed by atoms with Crippen molar-refractivity contribution in [3.8, 4) is 0 Å². The molecule has 0 bridgehead atoms. The largest absolute Gasteiger partial charge is 0.334 e. The van der Waals surface area contributed by atoms with Crippen LogP contribution in [0.3, 0.4) is 0 Å². The second-order valence-corrected chi connectivity index (χ2v) is 8.31. The summed E-state index contributed by atoms with van der Waals surface area (Å²) in [6.45, 7) is 10.2. The Balaban J connectivity index is 1.80. The lowest BCUT2D eigenvalue weighted by Crippen LogP contribution is -2.40. The van der Waals surface area contributed by atoms with Gasteiger partial charge in [-0.05, 0) is 49.7 Å². The van der Waals surface area contributed by atoms with Crippen LogP contribution in [0.1, 0.15) is 74.4 Å². The zero-order chi connectivity index (χ0) is 18.8. The van der Waals surface area contributed by atoms with Crippen molar-refractivity contribution in [3.05, 3.63) is 29.6 Å². The fourth-order valence-electron chi connectivity index (χ4n) is 4.44. The lowest BCUT2D eigenvalue weighted by molar-refractivity contribution is 0.0687. The Hall–Kier alpha value is -1.91. The summed E-state index contributed by atoms with van der Waals surface area (Å²) in [4.78, 5) is 34.3. The van der Waals surface area contributed by atoms with Gasteiger partial charge in [0.2, 0.25) is 0 Å². The van der Waals surface area contributed by atoms with Gasteiger partial charge in [0.05, 0.1) is 0 Å². The van der Waals surface area contributed by atoms with Crippen LogP contribution in [-0.4, -0.2) is 51.8 Å². The van der Waals surface area contributed by atoms with Gasteiger partial charge in [0.25, 0.3) is 11.8 Å². The van der Waals surface area contributed by atoms with Gasteiger partial charge < -0.3 is 9.80 Å². The number of nitrogens with zero attached hydrogens (tertiary/aromatic N) is 3. The predicted molar refractivity (Wildman–Crippen MR) is 102 cm³/mol. The van der Waals surface area contributed by atoms with Crippen LogP contribution in [0, 0.1) is 11.8 Å². The number of hydrogen-bond acceptors (Lipinski definition) is 3. The molecule has 2 atom stereocenters. The minimum Gasteiger partial charge on any atom is -0.334 e. The van der Waals surface area contributed by atoms with Crippen LogP contribution < -0.4 is 0 Å². The third-order valence-corrected chi connectivity index (χ3v) is 5.85. The fourth-order valence-corrected chi connectivity index (χ4v) is 4.44. The van der Waals surface area contributed by atoms with Crippen LogP contribution in [0.5, 0.6) is 0 Å². The maximum atomic E-state index is 13.0. The highest BCUT2D eigenvalue weighted by Gasteiger charge is 2.34. The number of pyridine rings is 1. The zero-order valence-electron chi connectivity index (χ0n) is 16.4. The van der Waals surface area contributed by atoms with Gasteiger partial charge in [-0.3, -0.25) is 9.59 Å². The van der Waals surface area contributed by atoms with Gasteiger partial charge in [-0.15, -0.1) is 0 Å². The van der Waals surface area contributed by atoms with Crippen molar-refractivity contribution in [2.75, 3.05) is 13.1 Å². The Kier molecular flexibility index (Phi) is 5.64. The summed E-state index contributed by atoms with van der Waals surface area (Å²) in [7, 11) is 0. The summed E-state index contributed by atoms with van der Waals surface area (Å²) in [5, 5.41) is 0.